The van der Waals surface area contributed by atoms with Crippen molar-refractivity contribution in [1.29, 1.82) is 0 Å². The Hall–Kier alpha value is -1.56. The van der Waals surface area contributed by atoms with Crippen LogP contribution in [0.15, 0.2) is 12.2 Å². The first kappa shape index (κ1) is 15.8. The van der Waals surface area contributed by atoms with Gasteiger partial charge in [0.05, 0.1) is 11.5 Å². The van der Waals surface area contributed by atoms with E-state index in [0.29, 0.717) is 26.1 Å². The number of rotatable bonds is 4. The topological polar surface area (TPSA) is 78.9 Å². The van der Waals surface area contributed by atoms with Crippen LogP contribution in [0.2, 0.25) is 0 Å². The van der Waals surface area contributed by atoms with E-state index in [1.54, 1.807) is 11.8 Å². The van der Waals surface area contributed by atoms with E-state index < -0.39 is 11.4 Å². The maximum atomic E-state index is 12.1. The van der Waals surface area contributed by atoms with Crippen LogP contribution in [0.5, 0.6) is 0 Å². The molecule has 2 amide bonds. The minimum Gasteiger partial charge on any atom is -0.481 e. The highest BCUT2D eigenvalue weighted by Gasteiger charge is 2.42. The van der Waals surface area contributed by atoms with Gasteiger partial charge in [-0.15, -0.1) is 0 Å². The lowest BCUT2D eigenvalue weighted by molar-refractivity contribution is -0.146. The monoisotopic (exact) mass is 296 g/mol. The molecule has 118 valence electrons. The Bertz CT molecular complexity index is 451. The first-order chi connectivity index (χ1) is 9.83. The normalized spacial score (nSPS) is 32.2. The smallest absolute Gasteiger partial charge is 0.317 e. The minimum absolute atomic E-state index is 0.00756. The van der Waals surface area contributed by atoms with E-state index in [0.717, 1.165) is 12.0 Å². The average molecular weight is 296 g/mol. The van der Waals surface area contributed by atoms with Gasteiger partial charge in [-0.1, -0.05) is 12.2 Å². The largest absolute Gasteiger partial charge is 0.481 e. The molecule has 0 aromatic heterocycles. The third-order valence-corrected chi connectivity index (χ3v) is 4.49. The summed E-state index contributed by atoms with van der Waals surface area (Å²) in [5.41, 5.74) is 0.153. The molecule has 6 nitrogen and oxygen atoms in total. The molecule has 0 radical (unpaired) electrons. The van der Waals surface area contributed by atoms with E-state index in [1.807, 2.05) is 6.92 Å². The summed E-state index contributed by atoms with van der Waals surface area (Å²) in [5.74, 6) is -0.593. The number of aliphatic carboxylic acids is 1. The summed E-state index contributed by atoms with van der Waals surface area (Å²) in [4.78, 5) is 24.9. The Kier molecular flexibility index (Phi) is 4.56. The first-order valence-corrected chi connectivity index (χ1v) is 7.37. The van der Waals surface area contributed by atoms with Crippen molar-refractivity contribution in [1.82, 2.24) is 10.2 Å². The van der Waals surface area contributed by atoms with E-state index >= 15 is 0 Å². The number of nitrogens with one attached hydrogen (secondary N) is 1. The molecular formula is C15H24N2O4. The lowest BCUT2D eigenvalue weighted by atomic mass is 9.90. The van der Waals surface area contributed by atoms with Crippen LogP contribution in [-0.4, -0.2) is 54.4 Å². The molecule has 6 heteroatoms. The van der Waals surface area contributed by atoms with Gasteiger partial charge in [0.15, 0.2) is 0 Å². The van der Waals surface area contributed by atoms with Crippen molar-refractivity contribution in [2.75, 3.05) is 26.2 Å². The van der Waals surface area contributed by atoms with Crippen LogP contribution in [0.3, 0.4) is 0 Å². The van der Waals surface area contributed by atoms with Crippen molar-refractivity contribution in [2.24, 2.45) is 11.3 Å². The van der Waals surface area contributed by atoms with E-state index in [9.17, 15) is 14.7 Å². The first-order valence-electron chi connectivity index (χ1n) is 7.37. The van der Waals surface area contributed by atoms with Gasteiger partial charge in [0.25, 0.3) is 0 Å². The molecule has 2 N–H and O–H groups in total. The minimum atomic E-state index is -0.843. The summed E-state index contributed by atoms with van der Waals surface area (Å²) >= 11 is 0. The van der Waals surface area contributed by atoms with Crippen molar-refractivity contribution in [3.8, 4) is 0 Å². The summed E-state index contributed by atoms with van der Waals surface area (Å²) in [7, 11) is 0. The Morgan fingerprint density at radius 2 is 2.24 bits per heavy atom. The number of ether oxygens (including phenoxy) is 1. The maximum Gasteiger partial charge on any atom is 0.317 e. The molecule has 21 heavy (non-hydrogen) atoms. The quantitative estimate of drug-likeness (QED) is 0.770. The number of urea groups is 1. The molecule has 3 unspecified atom stereocenters. The number of hydrogen-bond donors (Lipinski definition) is 2. The number of carbonyl (C=O) groups is 2. The second-order valence-electron chi connectivity index (χ2n) is 6.41. The van der Waals surface area contributed by atoms with Crippen LogP contribution >= 0.6 is 0 Å². The van der Waals surface area contributed by atoms with Gasteiger partial charge in [0.1, 0.15) is 0 Å². The Morgan fingerprint density at radius 1 is 1.52 bits per heavy atom. The fourth-order valence-electron chi connectivity index (χ4n) is 3.03. The van der Waals surface area contributed by atoms with Gasteiger partial charge in [-0.3, -0.25) is 4.79 Å². The van der Waals surface area contributed by atoms with Crippen molar-refractivity contribution < 1.29 is 19.4 Å². The van der Waals surface area contributed by atoms with Crippen molar-refractivity contribution in [3.05, 3.63) is 12.2 Å². The van der Waals surface area contributed by atoms with Crippen LogP contribution in [0.25, 0.3) is 0 Å². The second-order valence-corrected chi connectivity index (χ2v) is 6.41. The van der Waals surface area contributed by atoms with Gasteiger partial charge in [0.2, 0.25) is 0 Å². The number of likely N-dealkylation sites (tertiary alicyclic amines) is 1. The van der Waals surface area contributed by atoms with Crippen LogP contribution < -0.4 is 5.32 Å². The highest BCUT2D eigenvalue weighted by Crippen LogP contribution is 2.30. The molecule has 2 heterocycles. The van der Waals surface area contributed by atoms with E-state index in [1.165, 1.54) is 0 Å². The van der Waals surface area contributed by atoms with Gasteiger partial charge in [-0.25, -0.2) is 4.79 Å². The molecule has 2 aliphatic rings. The predicted molar refractivity (Wildman–Crippen MR) is 78.0 cm³/mol. The van der Waals surface area contributed by atoms with Crippen LogP contribution in [-0.2, 0) is 9.53 Å². The molecule has 3 atom stereocenters. The molecule has 0 saturated carbocycles. The number of carbonyl (C=O) groups excluding carboxylic acids is 1. The fourth-order valence-corrected chi connectivity index (χ4v) is 3.03. The summed E-state index contributed by atoms with van der Waals surface area (Å²) in [6.45, 7) is 9.52. The highest BCUT2D eigenvalue weighted by atomic mass is 16.5. The standard InChI is InChI=1S/C15H24N2O4/c1-10(2)12-11(4-7-21-12)8-16-14(20)17-6-5-15(3,9-17)13(18)19/h11-12H,1,4-9H2,2-3H3,(H,16,20)(H,18,19). The third kappa shape index (κ3) is 3.37. The molecule has 0 bridgehead atoms. The van der Waals surface area contributed by atoms with Crippen LogP contribution in [0.4, 0.5) is 4.79 Å². The molecule has 2 aliphatic heterocycles. The zero-order valence-corrected chi connectivity index (χ0v) is 12.7. The van der Waals surface area contributed by atoms with E-state index in [2.05, 4.69) is 11.9 Å². The molecule has 0 aromatic rings. The SMILES string of the molecule is C=C(C)C1OCCC1CNC(=O)N1CCC(C)(C(=O)O)C1. The molecule has 2 fully saturated rings. The summed E-state index contributed by atoms with van der Waals surface area (Å²) in [6, 6.07) is -0.188. The molecule has 2 rings (SSSR count). The number of carboxylic acid groups (broad SMARTS) is 1. The average Bonchev–Trinajstić information content (AvgIpc) is 3.03. The summed E-state index contributed by atoms with van der Waals surface area (Å²) < 4.78 is 5.61. The Morgan fingerprint density at radius 3 is 2.81 bits per heavy atom. The van der Waals surface area contributed by atoms with Gasteiger partial charge < -0.3 is 20.1 Å². The summed E-state index contributed by atoms with van der Waals surface area (Å²) in [6.07, 6.45) is 1.41. The molecule has 0 aliphatic carbocycles. The van der Waals surface area contributed by atoms with Gasteiger partial charge in [0, 0.05) is 32.2 Å². The molecule has 0 aromatic carbocycles. The highest BCUT2D eigenvalue weighted by molar-refractivity contribution is 5.79. The third-order valence-electron chi connectivity index (χ3n) is 4.49. The number of carboxylic acids is 1. The van der Waals surface area contributed by atoms with Crippen LogP contribution in [0.1, 0.15) is 26.7 Å². The van der Waals surface area contributed by atoms with E-state index in [4.69, 9.17) is 4.74 Å². The molecule has 0 spiro atoms. The van der Waals surface area contributed by atoms with E-state index in [-0.39, 0.29) is 24.6 Å². The Labute approximate surface area is 125 Å². The number of hydrogen-bond acceptors (Lipinski definition) is 3. The molecule has 2 saturated heterocycles. The maximum absolute atomic E-state index is 12.1. The summed E-state index contributed by atoms with van der Waals surface area (Å²) in [5, 5.41) is 12.1. The second kappa shape index (κ2) is 6.05. The number of amides is 2. The zero-order chi connectivity index (χ0) is 15.6. The zero-order valence-electron chi connectivity index (χ0n) is 12.7. The van der Waals surface area contributed by atoms with Crippen molar-refractivity contribution in [2.45, 2.75) is 32.8 Å². The Balaban J connectivity index is 1.83. The lowest BCUT2D eigenvalue weighted by Crippen LogP contribution is -2.43. The number of nitrogens with zero attached hydrogens (tertiary/aromatic N) is 1. The predicted octanol–water partition coefficient (Wildman–Crippen LogP) is 1.47. The van der Waals surface area contributed by atoms with Gasteiger partial charge in [-0.05, 0) is 26.7 Å². The van der Waals surface area contributed by atoms with Gasteiger partial charge in [-0.2, -0.15) is 0 Å². The van der Waals surface area contributed by atoms with Crippen LogP contribution in [0, 0.1) is 11.3 Å². The van der Waals surface area contributed by atoms with Gasteiger partial charge >= 0.3 is 12.0 Å². The van der Waals surface area contributed by atoms with Crippen molar-refractivity contribution in [3.63, 3.8) is 0 Å². The lowest BCUT2D eigenvalue weighted by Gasteiger charge is -2.23. The molecular weight excluding hydrogens is 272 g/mol. The fraction of sp³-hybridized carbons (Fsp3) is 0.733. The van der Waals surface area contributed by atoms with Crippen molar-refractivity contribution >= 4 is 12.0 Å².